The van der Waals surface area contributed by atoms with Crippen LogP contribution in [0.4, 0.5) is 5.69 Å². The molecule has 3 N–H and O–H groups in total. The Morgan fingerprint density at radius 2 is 1.66 bits per heavy atom. The molecule has 0 bridgehead atoms. The molecule has 11 heteroatoms. The molecule has 0 unspecified atom stereocenters. The predicted molar refractivity (Wildman–Crippen MR) is 107 cm³/mol. The normalized spacial score (nSPS) is 9.83. The summed E-state index contributed by atoms with van der Waals surface area (Å²) >= 11 is 4.89. The quantitative estimate of drug-likeness (QED) is 0.349. The Bertz CT molecular complexity index is 903. The number of nitrogens with one attached hydrogen (secondary N) is 3. The lowest BCUT2D eigenvalue weighted by atomic mass is 10.2. The molecular formula is C18H18N4O6S. The Morgan fingerprint density at radius 3 is 2.31 bits per heavy atom. The minimum atomic E-state index is -0.578. The van der Waals surface area contributed by atoms with Gasteiger partial charge in [-0.1, -0.05) is 18.2 Å². The van der Waals surface area contributed by atoms with E-state index in [2.05, 4.69) is 16.2 Å². The van der Waals surface area contributed by atoms with Crippen LogP contribution >= 0.6 is 12.2 Å². The van der Waals surface area contributed by atoms with E-state index in [0.29, 0.717) is 5.75 Å². The van der Waals surface area contributed by atoms with Crippen molar-refractivity contribution in [3.63, 3.8) is 0 Å². The van der Waals surface area contributed by atoms with Gasteiger partial charge in [-0.2, -0.15) is 0 Å². The summed E-state index contributed by atoms with van der Waals surface area (Å²) in [6.45, 7) is 1.25. The van der Waals surface area contributed by atoms with Crippen molar-refractivity contribution in [2.45, 2.75) is 6.92 Å². The van der Waals surface area contributed by atoms with E-state index in [1.807, 2.05) is 19.1 Å². The highest BCUT2D eigenvalue weighted by atomic mass is 32.1. The van der Waals surface area contributed by atoms with Gasteiger partial charge in [0.05, 0.1) is 4.92 Å². The van der Waals surface area contributed by atoms with Crippen LogP contribution in [0.1, 0.15) is 5.56 Å². The number of nitro groups is 1. The molecule has 0 aliphatic heterocycles. The fraction of sp³-hybridized carbons (Fsp3) is 0.167. The van der Waals surface area contributed by atoms with Crippen molar-refractivity contribution in [1.29, 1.82) is 0 Å². The minimum absolute atomic E-state index is 0.0886. The van der Waals surface area contributed by atoms with Crippen molar-refractivity contribution in [3.05, 3.63) is 64.2 Å². The summed E-state index contributed by atoms with van der Waals surface area (Å²) in [7, 11) is 0. The van der Waals surface area contributed by atoms with Crippen LogP contribution < -0.4 is 25.6 Å². The van der Waals surface area contributed by atoms with E-state index in [1.54, 1.807) is 12.1 Å². The molecule has 0 heterocycles. The van der Waals surface area contributed by atoms with Crippen molar-refractivity contribution < 1.29 is 24.0 Å². The van der Waals surface area contributed by atoms with Gasteiger partial charge in [0, 0.05) is 12.1 Å². The molecule has 10 nitrogen and oxygen atoms in total. The molecule has 2 aromatic rings. The smallest absolute Gasteiger partial charge is 0.276 e. The molecule has 0 aromatic heterocycles. The van der Waals surface area contributed by atoms with Crippen LogP contribution in [0, 0.1) is 17.0 Å². The van der Waals surface area contributed by atoms with E-state index < -0.39 is 16.7 Å². The summed E-state index contributed by atoms with van der Waals surface area (Å²) in [4.78, 5) is 33.6. The number of nitro benzene ring substituents is 1. The van der Waals surface area contributed by atoms with Crippen LogP contribution in [-0.4, -0.2) is 35.1 Å². The van der Waals surface area contributed by atoms with Crippen LogP contribution in [0.2, 0.25) is 0 Å². The van der Waals surface area contributed by atoms with Gasteiger partial charge < -0.3 is 9.47 Å². The fourth-order valence-corrected chi connectivity index (χ4v) is 2.20. The van der Waals surface area contributed by atoms with Crippen LogP contribution in [0.3, 0.4) is 0 Å². The Balaban J connectivity index is 1.66. The standard InChI is InChI=1S/C18H18N4O6S/c1-12-4-2-3-5-15(12)28-11-17(24)20-21-18(29)19-16(23)10-27-14-8-6-13(7-9-14)22(25)26/h2-9H,10-11H2,1H3,(H,20,24)(H2,19,21,23,29). The van der Waals surface area contributed by atoms with E-state index in [4.69, 9.17) is 21.7 Å². The lowest BCUT2D eigenvalue weighted by molar-refractivity contribution is -0.384. The molecule has 0 saturated carbocycles. The number of nitrogens with zero attached hydrogens (tertiary/aromatic N) is 1. The topological polar surface area (TPSA) is 132 Å². The molecule has 152 valence electrons. The lowest BCUT2D eigenvalue weighted by Gasteiger charge is -2.12. The van der Waals surface area contributed by atoms with Gasteiger partial charge in [-0.25, -0.2) is 0 Å². The molecule has 0 aliphatic carbocycles. The second kappa shape index (κ2) is 10.6. The first-order chi connectivity index (χ1) is 13.8. The molecule has 2 amide bonds. The zero-order valence-corrected chi connectivity index (χ0v) is 16.2. The van der Waals surface area contributed by atoms with Gasteiger partial charge >= 0.3 is 0 Å². The number of hydrazine groups is 1. The monoisotopic (exact) mass is 418 g/mol. The van der Waals surface area contributed by atoms with Crippen molar-refractivity contribution >= 4 is 34.8 Å². The maximum atomic E-state index is 11.8. The molecule has 0 aliphatic rings. The highest BCUT2D eigenvalue weighted by Gasteiger charge is 2.09. The lowest BCUT2D eigenvalue weighted by Crippen LogP contribution is -2.50. The molecular weight excluding hydrogens is 400 g/mol. The van der Waals surface area contributed by atoms with Gasteiger partial charge in [-0.05, 0) is 42.9 Å². The van der Waals surface area contributed by atoms with Gasteiger partial charge in [0.2, 0.25) is 0 Å². The Morgan fingerprint density at radius 1 is 1.00 bits per heavy atom. The summed E-state index contributed by atoms with van der Waals surface area (Å²) in [6.07, 6.45) is 0. The van der Waals surface area contributed by atoms with Crippen molar-refractivity contribution in [2.24, 2.45) is 0 Å². The van der Waals surface area contributed by atoms with Gasteiger partial charge in [-0.3, -0.25) is 35.9 Å². The van der Waals surface area contributed by atoms with Gasteiger partial charge in [0.25, 0.3) is 17.5 Å². The van der Waals surface area contributed by atoms with Gasteiger partial charge in [0.15, 0.2) is 18.3 Å². The van der Waals surface area contributed by atoms with Crippen LogP contribution in [0.25, 0.3) is 0 Å². The van der Waals surface area contributed by atoms with E-state index >= 15 is 0 Å². The molecule has 0 radical (unpaired) electrons. The maximum Gasteiger partial charge on any atom is 0.276 e. The summed E-state index contributed by atoms with van der Waals surface area (Å²) < 4.78 is 10.6. The summed E-state index contributed by atoms with van der Waals surface area (Å²) in [5.74, 6) is -0.202. The molecule has 2 rings (SSSR count). The number of ether oxygens (including phenoxy) is 2. The third-order valence-electron chi connectivity index (χ3n) is 3.44. The van der Waals surface area contributed by atoms with E-state index in [0.717, 1.165) is 5.56 Å². The molecule has 2 aromatic carbocycles. The van der Waals surface area contributed by atoms with E-state index in [-0.39, 0.29) is 29.8 Å². The van der Waals surface area contributed by atoms with Crippen molar-refractivity contribution in [1.82, 2.24) is 16.2 Å². The number of thiocarbonyl (C=S) groups is 1. The third kappa shape index (κ3) is 7.42. The van der Waals surface area contributed by atoms with Gasteiger partial charge in [0.1, 0.15) is 11.5 Å². The first-order valence-corrected chi connectivity index (χ1v) is 8.70. The van der Waals surface area contributed by atoms with E-state index in [9.17, 15) is 19.7 Å². The van der Waals surface area contributed by atoms with Crippen LogP contribution in [0.5, 0.6) is 11.5 Å². The van der Waals surface area contributed by atoms with Crippen LogP contribution in [0.15, 0.2) is 48.5 Å². The number of benzene rings is 2. The summed E-state index contributed by atoms with van der Waals surface area (Å²) in [5, 5.41) is 12.8. The molecule has 0 atom stereocenters. The summed E-state index contributed by atoms with van der Waals surface area (Å²) in [5.41, 5.74) is 5.47. The zero-order valence-electron chi connectivity index (χ0n) is 15.3. The molecule has 0 fully saturated rings. The first kappa shape index (κ1) is 21.6. The Labute approximate surface area is 171 Å². The fourth-order valence-electron chi connectivity index (χ4n) is 2.03. The second-order valence-corrected chi connectivity index (χ2v) is 6.05. The average Bonchev–Trinajstić information content (AvgIpc) is 2.70. The van der Waals surface area contributed by atoms with Crippen molar-refractivity contribution in [2.75, 3.05) is 13.2 Å². The van der Waals surface area contributed by atoms with Crippen molar-refractivity contribution in [3.8, 4) is 11.5 Å². The first-order valence-electron chi connectivity index (χ1n) is 8.29. The zero-order chi connectivity index (χ0) is 21.2. The minimum Gasteiger partial charge on any atom is -0.484 e. The highest BCUT2D eigenvalue weighted by molar-refractivity contribution is 7.80. The second-order valence-electron chi connectivity index (χ2n) is 5.64. The number of rotatable bonds is 7. The van der Waals surface area contributed by atoms with Crippen LogP contribution in [-0.2, 0) is 9.59 Å². The molecule has 0 spiro atoms. The number of hydrogen-bond acceptors (Lipinski definition) is 7. The number of hydrogen-bond donors (Lipinski definition) is 3. The van der Waals surface area contributed by atoms with E-state index in [1.165, 1.54) is 24.3 Å². The number of carbonyl (C=O) groups is 2. The predicted octanol–water partition coefficient (Wildman–Crippen LogP) is 1.38. The molecule has 0 saturated heterocycles. The highest BCUT2D eigenvalue weighted by Crippen LogP contribution is 2.17. The third-order valence-corrected chi connectivity index (χ3v) is 3.64. The summed E-state index contributed by atoms with van der Waals surface area (Å²) in [6, 6.07) is 12.5. The number of non-ortho nitro benzene ring substituents is 1. The maximum absolute atomic E-state index is 11.8. The largest absolute Gasteiger partial charge is 0.484 e. The molecule has 29 heavy (non-hydrogen) atoms. The Hall–Kier alpha value is -3.73. The average molecular weight is 418 g/mol. The number of para-hydroxylation sites is 1. The number of amides is 2. The number of carbonyl (C=O) groups excluding carboxylic acids is 2. The Kier molecular flexibility index (Phi) is 7.86. The van der Waals surface area contributed by atoms with Gasteiger partial charge in [-0.15, -0.1) is 0 Å². The SMILES string of the molecule is Cc1ccccc1OCC(=O)NNC(=S)NC(=O)COc1ccc([N+](=O)[O-])cc1. The number of aryl methyl sites for hydroxylation is 1.